The molecule has 0 bridgehead atoms. The fraction of sp³-hybridized carbons (Fsp3) is 0.227. The second-order valence-electron chi connectivity index (χ2n) is 6.29. The molecule has 0 unspecified atom stereocenters. The molecule has 1 heterocycles. The number of aromatic nitrogens is 2. The minimum Gasteiger partial charge on any atom is -0.489 e. The van der Waals surface area contributed by atoms with Crippen LogP contribution in [0.5, 0.6) is 5.75 Å². The maximum atomic E-state index is 12.2. The van der Waals surface area contributed by atoms with Crippen molar-refractivity contribution in [2.24, 2.45) is 0 Å². The van der Waals surface area contributed by atoms with Gasteiger partial charge in [0.15, 0.2) is 0 Å². The van der Waals surface area contributed by atoms with Gasteiger partial charge in [0.25, 0.3) is 5.91 Å². The lowest BCUT2D eigenvalue weighted by molar-refractivity contribution is 0.0943. The van der Waals surface area contributed by atoms with E-state index in [1.165, 1.54) is 0 Å². The van der Waals surface area contributed by atoms with Crippen molar-refractivity contribution in [2.45, 2.75) is 13.0 Å². The number of methoxy groups -OCH3 is 1. The lowest BCUT2D eigenvalue weighted by Gasteiger charge is -2.09. The van der Waals surface area contributed by atoms with Crippen molar-refractivity contribution in [2.75, 3.05) is 25.6 Å². The van der Waals surface area contributed by atoms with E-state index in [1.807, 2.05) is 54.6 Å². The molecular formula is C22H24N4O3. The number of hydrogen-bond acceptors (Lipinski definition) is 6. The van der Waals surface area contributed by atoms with E-state index in [2.05, 4.69) is 20.6 Å². The molecule has 1 amide bonds. The number of nitrogens with zero attached hydrogens (tertiary/aromatic N) is 2. The van der Waals surface area contributed by atoms with Gasteiger partial charge in [-0.3, -0.25) is 4.79 Å². The molecule has 150 valence electrons. The van der Waals surface area contributed by atoms with Crippen molar-refractivity contribution >= 4 is 17.5 Å². The number of nitrogens with one attached hydrogen (secondary N) is 2. The van der Waals surface area contributed by atoms with Gasteiger partial charge in [0, 0.05) is 32.1 Å². The van der Waals surface area contributed by atoms with Crippen LogP contribution in [0.25, 0.3) is 0 Å². The molecule has 0 atom stereocenters. The first-order valence-corrected chi connectivity index (χ1v) is 9.38. The maximum absolute atomic E-state index is 12.2. The van der Waals surface area contributed by atoms with Gasteiger partial charge in [-0.25, -0.2) is 9.97 Å². The standard InChI is InChI=1S/C22H24N4O3/c1-28-15-5-13-23-21(27)20-12-14-24-22(26-20)25-18-8-10-19(11-9-18)29-16-17-6-3-2-4-7-17/h2-4,6-12,14H,5,13,15-16H2,1H3,(H,23,27)(H,24,25,26). The van der Waals surface area contributed by atoms with Crippen LogP contribution in [0.15, 0.2) is 66.9 Å². The van der Waals surface area contributed by atoms with Crippen LogP contribution < -0.4 is 15.4 Å². The quantitative estimate of drug-likeness (QED) is 0.513. The number of hydrogen-bond donors (Lipinski definition) is 2. The third kappa shape index (κ3) is 6.58. The first-order chi connectivity index (χ1) is 14.2. The molecule has 1 aromatic heterocycles. The molecule has 7 heteroatoms. The van der Waals surface area contributed by atoms with E-state index in [1.54, 1.807) is 19.4 Å². The summed E-state index contributed by atoms with van der Waals surface area (Å²) in [6.07, 6.45) is 2.30. The Labute approximate surface area is 170 Å². The molecule has 3 aromatic rings. The molecule has 0 spiro atoms. The van der Waals surface area contributed by atoms with Crippen LogP contribution in [0.3, 0.4) is 0 Å². The van der Waals surface area contributed by atoms with Crippen LogP contribution in [0.4, 0.5) is 11.6 Å². The number of amides is 1. The summed E-state index contributed by atoms with van der Waals surface area (Å²) in [6, 6.07) is 19.1. The summed E-state index contributed by atoms with van der Waals surface area (Å²) in [5, 5.41) is 5.91. The fourth-order valence-corrected chi connectivity index (χ4v) is 2.56. The monoisotopic (exact) mass is 392 g/mol. The molecule has 0 aliphatic carbocycles. The molecule has 0 fully saturated rings. The van der Waals surface area contributed by atoms with E-state index in [0.717, 1.165) is 23.4 Å². The van der Waals surface area contributed by atoms with Crippen LogP contribution in [-0.2, 0) is 11.3 Å². The summed E-state index contributed by atoms with van der Waals surface area (Å²) in [5.41, 5.74) is 2.22. The van der Waals surface area contributed by atoms with E-state index in [9.17, 15) is 4.79 Å². The maximum Gasteiger partial charge on any atom is 0.270 e. The van der Waals surface area contributed by atoms with Gasteiger partial charge < -0.3 is 20.1 Å². The number of carbonyl (C=O) groups is 1. The molecule has 2 N–H and O–H groups in total. The highest BCUT2D eigenvalue weighted by Gasteiger charge is 2.08. The highest BCUT2D eigenvalue weighted by Crippen LogP contribution is 2.19. The molecule has 2 aromatic carbocycles. The Balaban J connectivity index is 1.53. The number of carbonyl (C=O) groups excluding carboxylic acids is 1. The van der Waals surface area contributed by atoms with Gasteiger partial charge in [0.1, 0.15) is 18.1 Å². The van der Waals surface area contributed by atoms with Crippen molar-refractivity contribution in [1.82, 2.24) is 15.3 Å². The number of benzene rings is 2. The molecule has 0 aliphatic rings. The van der Waals surface area contributed by atoms with Crippen molar-refractivity contribution in [3.63, 3.8) is 0 Å². The lowest BCUT2D eigenvalue weighted by atomic mass is 10.2. The molecular weight excluding hydrogens is 368 g/mol. The fourth-order valence-electron chi connectivity index (χ4n) is 2.56. The van der Waals surface area contributed by atoms with E-state index in [4.69, 9.17) is 9.47 Å². The minimum absolute atomic E-state index is 0.240. The largest absolute Gasteiger partial charge is 0.489 e. The van der Waals surface area contributed by atoms with Crippen LogP contribution in [0.1, 0.15) is 22.5 Å². The molecule has 7 nitrogen and oxygen atoms in total. The highest BCUT2D eigenvalue weighted by molar-refractivity contribution is 5.92. The predicted molar refractivity (Wildman–Crippen MR) is 111 cm³/mol. The number of anilines is 2. The Bertz CT molecular complexity index is 901. The third-order valence-electron chi connectivity index (χ3n) is 4.06. The molecule has 0 saturated carbocycles. The zero-order valence-electron chi connectivity index (χ0n) is 16.3. The second kappa shape index (κ2) is 10.8. The van der Waals surface area contributed by atoms with Gasteiger partial charge >= 0.3 is 0 Å². The van der Waals surface area contributed by atoms with Crippen LogP contribution in [-0.4, -0.2) is 36.1 Å². The molecule has 29 heavy (non-hydrogen) atoms. The van der Waals surface area contributed by atoms with Gasteiger partial charge in [0.2, 0.25) is 5.95 Å². The van der Waals surface area contributed by atoms with Crippen LogP contribution >= 0.6 is 0 Å². The molecule has 0 aliphatic heterocycles. The third-order valence-corrected chi connectivity index (χ3v) is 4.06. The number of rotatable bonds is 10. The van der Waals surface area contributed by atoms with E-state index in [0.29, 0.717) is 31.4 Å². The summed E-state index contributed by atoms with van der Waals surface area (Å²) in [6.45, 7) is 1.64. The van der Waals surface area contributed by atoms with Gasteiger partial charge in [-0.15, -0.1) is 0 Å². The topological polar surface area (TPSA) is 85.4 Å². The summed E-state index contributed by atoms with van der Waals surface area (Å²) in [7, 11) is 1.63. The normalized spacial score (nSPS) is 10.4. The van der Waals surface area contributed by atoms with Crippen LogP contribution in [0.2, 0.25) is 0 Å². The van der Waals surface area contributed by atoms with Crippen molar-refractivity contribution in [3.8, 4) is 5.75 Å². The molecule has 3 rings (SSSR count). The molecule has 0 saturated heterocycles. The van der Waals surface area contributed by atoms with Gasteiger partial charge in [-0.2, -0.15) is 0 Å². The van der Waals surface area contributed by atoms with Crippen molar-refractivity contribution < 1.29 is 14.3 Å². The van der Waals surface area contributed by atoms with Crippen molar-refractivity contribution in [1.29, 1.82) is 0 Å². The van der Waals surface area contributed by atoms with Crippen LogP contribution in [0, 0.1) is 0 Å². The van der Waals surface area contributed by atoms with Crippen molar-refractivity contribution in [3.05, 3.63) is 78.1 Å². The number of ether oxygens (including phenoxy) is 2. The molecule has 0 radical (unpaired) electrons. The first kappa shape index (κ1) is 20.3. The Morgan fingerprint density at radius 2 is 1.83 bits per heavy atom. The first-order valence-electron chi connectivity index (χ1n) is 9.38. The SMILES string of the molecule is COCCCNC(=O)c1ccnc(Nc2ccc(OCc3ccccc3)cc2)n1. The second-order valence-corrected chi connectivity index (χ2v) is 6.29. The highest BCUT2D eigenvalue weighted by atomic mass is 16.5. The van der Waals surface area contributed by atoms with E-state index < -0.39 is 0 Å². The Hall–Kier alpha value is -3.45. The Morgan fingerprint density at radius 1 is 1.03 bits per heavy atom. The van der Waals surface area contributed by atoms with Gasteiger partial charge in [0.05, 0.1) is 0 Å². The van der Waals surface area contributed by atoms with Gasteiger partial charge in [-0.1, -0.05) is 30.3 Å². The summed E-state index contributed by atoms with van der Waals surface area (Å²) in [5.74, 6) is 0.883. The van der Waals surface area contributed by atoms with E-state index >= 15 is 0 Å². The van der Waals surface area contributed by atoms with E-state index in [-0.39, 0.29) is 5.91 Å². The smallest absolute Gasteiger partial charge is 0.270 e. The summed E-state index contributed by atoms with van der Waals surface area (Å²) < 4.78 is 10.7. The van der Waals surface area contributed by atoms with Gasteiger partial charge in [-0.05, 0) is 42.3 Å². The summed E-state index contributed by atoms with van der Waals surface area (Å²) >= 11 is 0. The Morgan fingerprint density at radius 3 is 2.59 bits per heavy atom. The Kier molecular flexibility index (Phi) is 7.54. The lowest BCUT2D eigenvalue weighted by Crippen LogP contribution is -2.26. The zero-order valence-corrected chi connectivity index (χ0v) is 16.3. The zero-order chi connectivity index (χ0) is 20.3. The summed E-state index contributed by atoms with van der Waals surface area (Å²) in [4.78, 5) is 20.6. The average Bonchev–Trinajstić information content (AvgIpc) is 2.77. The predicted octanol–water partition coefficient (Wildman–Crippen LogP) is 3.57. The minimum atomic E-state index is -0.240. The average molecular weight is 392 g/mol.